The third-order valence-corrected chi connectivity index (χ3v) is 7.61. The predicted molar refractivity (Wildman–Crippen MR) is 149 cm³/mol. The molecule has 2 heteroatoms. The molecule has 0 saturated carbocycles. The monoisotopic (exact) mass is 460 g/mol. The molecule has 1 N–H and O–H groups in total. The van der Waals surface area contributed by atoms with Crippen molar-refractivity contribution in [2.45, 2.75) is 143 Å². The van der Waals surface area contributed by atoms with Crippen molar-refractivity contribution in [1.82, 2.24) is 5.32 Å². The highest BCUT2D eigenvalue weighted by molar-refractivity contribution is 8.03. The van der Waals surface area contributed by atoms with Gasteiger partial charge in [0.15, 0.2) is 0 Å². The van der Waals surface area contributed by atoms with Gasteiger partial charge in [0.2, 0.25) is 0 Å². The number of allylic oxidation sites excluding steroid dienone is 4. The maximum Gasteiger partial charge on any atom is 0.0303 e. The molecule has 186 valence electrons. The molecule has 0 aromatic rings. The highest BCUT2D eigenvalue weighted by Gasteiger charge is 2.28. The van der Waals surface area contributed by atoms with Crippen LogP contribution in [-0.4, -0.2) is 5.25 Å². The van der Waals surface area contributed by atoms with Crippen LogP contribution in [0.3, 0.4) is 0 Å². The molecule has 0 saturated heterocycles. The summed E-state index contributed by atoms with van der Waals surface area (Å²) in [6.07, 6.45) is 30.7. The summed E-state index contributed by atoms with van der Waals surface area (Å²) in [4.78, 5) is 1.68. The maximum absolute atomic E-state index is 3.69. The Hall–Kier alpha value is -0.630. The number of rotatable bonds is 21. The largest absolute Gasteiger partial charge is 0.365 e. The number of unbranched alkanes of at least 4 members (excludes halogenated alkanes) is 12. The molecule has 0 heterocycles. The van der Waals surface area contributed by atoms with Crippen LogP contribution in [0, 0.1) is 12.3 Å². The summed E-state index contributed by atoms with van der Waals surface area (Å²) >= 11 is 2.13. The van der Waals surface area contributed by atoms with Crippen LogP contribution in [0.2, 0.25) is 0 Å². The number of hydrogen-bond acceptors (Lipinski definition) is 2. The minimum atomic E-state index is 0.586. The first-order valence-corrected chi connectivity index (χ1v) is 14.8. The van der Waals surface area contributed by atoms with Gasteiger partial charge in [0.25, 0.3) is 0 Å². The highest BCUT2D eigenvalue weighted by Crippen LogP contribution is 2.44. The minimum absolute atomic E-state index is 0.586. The maximum atomic E-state index is 3.69. The molecule has 1 unspecified atom stereocenters. The van der Waals surface area contributed by atoms with Crippen molar-refractivity contribution in [3.05, 3.63) is 40.9 Å². The SMILES string of the molecule is C[CH-]C/C=C/NC1=CC(CCCCCCCCC)=C(SC(C)C)C1CCCCCCCC. The summed E-state index contributed by atoms with van der Waals surface area (Å²) in [5, 5.41) is 4.34. The Morgan fingerprint density at radius 2 is 1.50 bits per heavy atom. The van der Waals surface area contributed by atoms with E-state index in [0.717, 1.165) is 6.42 Å². The zero-order chi connectivity index (χ0) is 23.4. The zero-order valence-corrected chi connectivity index (χ0v) is 23.0. The Morgan fingerprint density at radius 3 is 2.09 bits per heavy atom. The Morgan fingerprint density at radius 1 is 0.906 bits per heavy atom. The fourth-order valence-electron chi connectivity index (χ4n) is 4.52. The number of hydrogen-bond donors (Lipinski definition) is 1. The van der Waals surface area contributed by atoms with Crippen molar-refractivity contribution in [1.29, 1.82) is 0 Å². The smallest absolute Gasteiger partial charge is 0.0303 e. The molecule has 1 rings (SSSR count). The van der Waals surface area contributed by atoms with Gasteiger partial charge in [-0.25, -0.2) is 0 Å². The highest BCUT2D eigenvalue weighted by atomic mass is 32.2. The Kier molecular flexibility index (Phi) is 18.2. The Balaban J connectivity index is 2.73. The van der Waals surface area contributed by atoms with Gasteiger partial charge in [0, 0.05) is 16.9 Å². The molecule has 0 radical (unpaired) electrons. The van der Waals surface area contributed by atoms with Crippen LogP contribution in [0.1, 0.15) is 137 Å². The van der Waals surface area contributed by atoms with Gasteiger partial charge in [0.1, 0.15) is 0 Å². The molecular formula is C30H54NS-. The zero-order valence-electron chi connectivity index (χ0n) is 22.2. The van der Waals surface area contributed by atoms with Gasteiger partial charge in [0.05, 0.1) is 0 Å². The van der Waals surface area contributed by atoms with Crippen LogP contribution >= 0.6 is 11.8 Å². The van der Waals surface area contributed by atoms with E-state index >= 15 is 0 Å². The van der Waals surface area contributed by atoms with E-state index in [1.165, 1.54) is 102 Å². The molecule has 0 fully saturated rings. The molecule has 0 spiro atoms. The molecule has 1 aliphatic rings. The molecular weight excluding hydrogens is 406 g/mol. The van der Waals surface area contributed by atoms with E-state index in [1.54, 1.807) is 10.5 Å². The van der Waals surface area contributed by atoms with Gasteiger partial charge in [-0.1, -0.05) is 111 Å². The predicted octanol–water partition coefficient (Wildman–Crippen LogP) is 10.5. The van der Waals surface area contributed by atoms with E-state index in [9.17, 15) is 0 Å². The second-order valence-corrected chi connectivity index (χ2v) is 11.4. The van der Waals surface area contributed by atoms with E-state index in [2.05, 4.69) is 76.5 Å². The van der Waals surface area contributed by atoms with Crippen LogP contribution < -0.4 is 5.32 Å². The normalized spacial score (nSPS) is 16.6. The average Bonchev–Trinajstić information content (AvgIpc) is 3.08. The molecule has 0 bridgehead atoms. The quantitative estimate of drug-likeness (QED) is 0.135. The van der Waals surface area contributed by atoms with Crippen molar-refractivity contribution >= 4 is 11.8 Å². The van der Waals surface area contributed by atoms with Crippen LogP contribution in [0.15, 0.2) is 34.5 Å². The van der Waals surface area contributed by atoms with Gasteiger partial charge in [-0.15, -0.1) is 11.8 Å². The van der Waals surface area contributed by atoms with Crippen LogP contribution in [0.4, 0.5) is 0 Å². The Labute approximate surface area is 206 Å². The summed E-state index contributed by atoms with van der Waals surface area (Å²) in [5.74, 6) is 0.586. The van der Waals surface area contributed by atoms with E-state index in [-0.39, 0.29) is 0 Å². The average molecular weight is 461 g/mol. The minimum Gasteiger partial charge on any atom is -0.365 e. The lowest BCUT2D eigenvalue weighted by Gasteiger charge is -2.21. The Bertz CT molecular complexity index is 543. The summed E-state index contributed by atoms with van der Waals surface area (Å²) in [6, 6.07) is 0. The number of nitrogens with one attached hydrogen (secondary N) is 1. The first kappa shape index (κ1) is 29.4. The van der Waals surface area contributed by atoms with Crippen LogP contribution in [0.25, 0.3) is 0 Å². The van der Waals surface area contributed by atoms with Gasteiger partial charge >= 0.3 is 0 Å². The van der Waals surface area contributed by atoms with E-state index < -0.39 is 0 Å². The second-order valence-electron chi connectivity index (χ2n) is 9.83. The second kappa shape index (κ2) is 19.8. The van der Waals surface area contributed by atoms with E-state index in [4.69, 9.17) is 0 Å². The topological polar surface area (TPSA) is 12.0 Å². The third-order valence-electron chi connectivity index (χ3n) is 6.34. The molecule has 1 atom stereocenters. The molecule has 32 heavy (non-hydrogen) atoms. The van der Waals surface area contributed by atoms with Gasteiger partial charge in [-0.05, 0) is 42.0 Å². The van der Waals surface area contributed by atoms with Crippen molar-refractivity contribution < 1.29 is 0 Å². The number of thioether (sulfide) groups is 1. The molecule has 0 amide bonds. The summed E-state index contributed by atoms with van der Waals surface area (Å²) in [7, 11) is 0. The fraction of sp³-hybridized carbons (Fsp3) is 0.767. The first-order chi connectivity index (χ1) is 15.6. The van der Waals surface area contributed by atoms with Crippen molar-refractivity contribution in [2.24, 2.45) is 5.92 Å². The molecule has 1 nitrogen and oxygen atoms in total. The van der Waals surface area contributed by atoms with Crippen LogP contribution in [0.5, 0.6) is 0 Å². The van der Waals surface area contributed by atoms with Crippen molar-refractivity contribution in [2.75, 3.05) is 0 Å². The van der Waals surface area contributed by atoms with Gasteiger partial charge in [-0.2, -0.15) is 13.3 Å². The van der Waals surface area contributed by atoms with Gasteiger partial charge in [-0.3, -0.25) is 0 Å². The fourth-order valence-corrected chi connectivity index (χ4v) is 5.75. The van der Waals surface area contributed by atoms with Crippen LogP contribution in [-0.2, 0) is 0 Å². The third kappa shape index (κ3) is 13.2. The molecule has 1 aliphatic carbocycles. The standard InChI is InChI=1S/C30H54NS/c1-6-9-12-14-16-17-19-22-27-25-29(31-24-21-11-8-3)28(30(27)32-26(4)5)23-20-18-15-13-10-7-2/h8,21,24-26,28,31H,6-7,9-20,22-23H2,1-5H3/q-1/b24-21+. The lowest BCUT2D eigenvalue weighted by atomic mass is 9.98. The summed E-state index contributed by atoms with van der Waals surface area (Å²) in [5.41, 5.74) is 3.08. The summed E-state index contributed by atoms with van der Waals surface area (Å²) in [6.45, 7) is 11.4. The lowest BCUT2D eigenvalue weighted by Crippen LogP contribution is -2.15. The van der Waals surface area contributed by atoms with E-state index in [1.807, 2.05) is 0 Å². The van der Waals surface area contributed by atoms with E-state index in [0.29, 0.717) is 11.2 Å². The van der Waals surface area contributed by atoms with Gasteiger partial charge < -0.3 is 11.7 Å². The van der Waals surface area contributed by atoms with Crippen molar-refractivity contribution in [3.63, 3.8) is 0 Å². The molecule has 0 aliphatic heterocycles. The lowest BCUT2D eigenvalue weighted by molar-refractivity contribution is 0.544. The molecule has 0 aromatic heterocycles. The van der Waals surface area contributed by atoms with Crippen molar-refractivity contribution in [3.8, 4) is 0 Å². The summed E-state index contributed by atoms with van der Waals surface area (Å²) < 4.78 is 0. The first-order valence-electron chi connectivity index (χ1n) is 13.9. The molecule has 0 aromatic carbocycles.